The molecule has 7 nitrogen and oxygen atoms in total. The Balaban J connectivity index is 1.27. The Hall–Kier alpha value is -2.35. The summed E-state index contributed by atoms with van der Waals surface area (Å²) in [5.41, 5.74) is 1.98. The predicted octanol–water partition coefficient (Wildman–Crippen LogP) is 3.33. The van der Waals surface area contributed by atoms with Crippen LogP contribution in [0.15, 0.2) is 33.9 Å². The molecule has 0 aliphatic carbocycles. The van der Waals surface area contributed by atoms with E-state index < -0.39 is 0 Å². The zero-order valence-electron chi connectivity index (χ0n) is 16.2. The first kappa shape index (κ1) is 19.0. The second-order valence-corrected chi connectivity index (χ2v) is 8.62. The van der Waals surface area contributed by atoms with Gasteiger partial charge in [-0.05, 0) is 30.4 Å². The molecule has 0 spiro atoms. The summed E-state index contributed by atoms with van der Waals surface area (Å²) in [6.45, 7) is 6.09. The van der Waals surface area contributed by atoms with Gasteiger partial charge in [-0.2, -0.15) is 0 Å². The molecule has 3 heterocycles. The minimum absolute atomic E-state index is 0.144. The van der Waals surface area contributed by atoms with Crippen molar-refractivity contribution in [2.45, 2.75) is 38.3 Å². The summed E-state index contributed by atoms with van der Waals surface area (Å²) >= 11 is 1.32. The third kappa shape index (κ3) is 4.55. The molecule has 1 fully saturated rings. The number of rotatable bonds is 6. The van der Waals surface area contributed by atoms with Crippen LogP contribution in [0.4, 0.5) is 0 Å². The Morgan fingerprint density at radius 3 is 2.79 bits per heavy atom. The number of imidazole rings is 1. The molecule has 1 N–H and O–H groups in total. The van der Waals surface area contributed by atoms with Gasteiger partial charge < -0.3 is 14.3 Å². The van der Waals surface area contributed by atoms with Gasteiger partial charge in [0.2, 0.25) is 11.8 Å². The van der Waals surface area contributed by atoms with Crippen molar-refractivity contribution in [2.24, 2.45) is 11.8 Å². The van der Waals surface area contributed by atoms with Crippen molar-refractivity contribution in [3.8, 4) is 0 Å². The molecule has 0 bridgehead atoms. The highest BCUT2D eigenvalue weighted by Gasteiger charge is 2.25. The number of carbonyl (C=O) groups is 1. The van der Waals surface area contributed by atoms with Crippen LogP contribution in [0.1, 0.15) is 32.0 Å². The maximum absolute atomic E-state index is 12.5. The minimum atomic E-state index is 0.144. The lowest BCUT2D eigenvalue weighted by Gasteiger charge is -2.34. The molecular formula is C20H25N5O2S. The fourth-order valence-electron chi connectivity index (χ4n) is 3.83. The number of carbonyl (C=O) groups excluding carboxylic acids is 1. The maximum Gasteiger partial charge on any atom is 0.277 e. The number of hydrogen-bond acceptors (Lipinski definition) is 6. The first-order chi connectivity index (χ1) is 13.6. The van der Waals surface area contributed by atoms with Gasteiger partial charge in [-0.25, -0.2) is 4.98 Å². The third-order valence-electron chi connectivity index (χ3n) is 5.00. The highest BCUT2D eigenvalue weighted by Crippen LogP contribution is 2.23. The Kier molecular flexibility index (Phi) is 5.66. The molecule has 148 valence electrons. The Bertz CT molecular complexity index is 910. The van der Waals surface area contributed by atoms with E-state index in [4.69, 9.17) is 4.42 Å². The number of hydrogen-bond donors (Lipinski definition) is 1. The highest BCUT2D eigenvalue weighted by molar-refractivity contribution is 7.99. The number of fused-ring (bicyclic) bond motifs is 1. The number of piperidine rings is 1. The average Bonchev–Trinajstić information content (AvgIpc) is 3.29. The van der Waals surface area contributed by atoms with Crippen LogP contribution in [0, 0.1) is 11.8 Å². The molecule has 1 aromatic carbocycles. The van der Waals surface area contributed by atoms with E-state index in [-0.39, 0.29) is 5.91 Å². The number of H-pyrrole nitrogens is 1. The monoisotopic (exact) mass is 399 g/mol. The second-order valence-electron chi connectivity index (χ2n) is 7.70. The SMILES string of the molecule is CC1CC(C)CN(C(=O)CSc2nnc(CCc3nc4ccccc4[nH]3)o2)C1. The van der Waals surface area contributed by atoms with Crippen LogP contribution in [0.5, 0.6) is 0 Å². The molecular weight excluding hydrogens is 374 g/mol. The second kappa shape index (κ2) is 8.34. The number of aryl methyl sites for hydroxylation is 2. The number of likely N-dealkylation sites (tertiary alicyclic amines) is 1. The Morgan fingerprint density at radius 1 is 1.21 bits per heavy atom. The molecule has 1 aliphatic rings. The van der Waals surface area contributed by atoms with E-state index in [1.165, 1.54) is 18.2 Å². The van der Waals surface area contributed by atoms with E-state index in [0.29, 0.717) is 41.5 Å². The van der Waals surface area contributed by atoms with E-state index in [0.717, 1.165) is 29.9 Å². The van der Waals surface area contributed by atoms with E-state index >= 15 is 0 Å². The molecule has 28 heavy (non-hydrogen) atoms. The largest absolute Gasteiger partial charge is 0.416 e. The molecule has 0 radical (unpaired) electrons. The van der Waals surface area contributed by atoms with Gasteiger partial charge in [0, 0.05) is 25.9 Å². The van der Waals surface area contributed by atoms with Gasteiger partial charge >= 0.3 is 0 Å². The lowest BCUT2D eigenvalue weighted by atomic mass is 9.92. The van der Waals surface area contributed by atoms with Crippen molar-refractivity contribution in [1.29, 1.82) is 0 Å². The number of benzene rings is 1. The number of aromatic amines is 1. The zero-order chi connectivity index (χ0) is 19.5. The number of para-hydroxylation sites is 2. The molecule has 8 heteroatoms. The van der Waals surface area contributed by atoms with Crippen molar-refractivity contribution >= 4 is 28.7 Å². The fourth-order valence-corrected chi connectivity index (χ4v) is 4.51. The molecule has 2 unspecified atom stereocenters. The van der Waals surface area contributed by atoms with Gasteiger partial charge in [0.05, 0.1) is 16.8 Å². The Morgan fingerprint density at radius 2 is 2.00 bits per heavy atom. The summed E-state index contributed by atoms with van der Waals surface area (Å²) in [5, 5.41) is 8.61. The van der Waals surface area contributed by atoms with E-state index in [1.807, 2.05) is 29.2 Å². The molecule has 1 amide bonds. The summed E-state index contributed by atoms with van der Waals surface area (Å²) in [6.07, 6.45) is 2.50. The topological polar surface area (TPSA) is 87.9 Å². The minimum Gasteiger partial charge on any atom is -0.416 e. The number of thioether (sulfide) groups is 1. The highest BCUT2D eigenvalue weighted by atomic mass is 32.2. The van der Waals surface area contributed by atoms with Crippen molar-refractivity contribution in [2.75, 3.05) is 18.8 Å². The number of nitrogens with zero attached hydrogens (tertiary/aromatic N) is 4. The number of amides is 1. The lowest BCUT2D eigenvalue weighted by molar-refractivity contribution is -0.130. The fraction of sp³-hybridized carbons (Fsp3) is 0.500. The van der Waals surface area contributed by atoms with Crippen molar-refractivity contribution in [3.63, 3.8) is 0 Å². The summed E-state index contributed by atoms with van der Waals surface area (Å²) in [6, 6.07) is 7.95. The van der Waals surface area contributed by atoms with Crippen LogP contribution in [-0.4, -0.2) is 49.8 Å². The van der Waals surface area contributed by atoms with Crippen molar-refractivity contribution in [3.05, 3.63) is 36.0 Å². The first-order valence-electron chi connectivity index (χ1n) is 9.73. The van der Waals surface area contributed by atoms with Crippen LogP contribution in [-0.2, 0) is 17.6 Å². The Labute approximate surface area is 168 Å². The molecule has 2 atom stereocenters. The van der Waals surface area contributed by atoms with Gasteiger partial charge in [-0.1, -0.05) is 37.7 Å². The van der Waals surface area contributed by atoms with Crippen LogP contribution < -0.4 is 0 Å². The van der Waals surface area contributed by atoms with Crippen LogP contribution in [0.2, 0.25) is 0 Å². The quantitative estimate of drug-likeness (QED) is 0.640. The van der Waals surface area contributed by atoms with Gasteiger partial charge in [0.15, 0.2) is 0 Å². The van der Waals surface area contributed by atoms with Crippen molar-refractivity contribution in [1.82, 2.24) is 25.1 Å². The van der Waals surface area contributed by atoms with E-state index in [2.05, 4.69) is 34.0 Å². The van der Waals surface area contributed by atoms with Crippen molar-refractivity contribution < 1.29 is 9.21 Å². The molecule has 2 aromatic heterocycles. The number of nitrogens with one attached hydrogen (secondary N) is 1. The molecule has 4 rings (SSSR count). The third-order valence-corrected chi connectivity index (χ3v) is 5.81. The van der Waals surface area contributed by atoms with E-state index in [9.17, 15) is 4.79 Å². The molecule has 0 saturated carbocycles. The summed E-state index contributed by atoms with van der Waals surface area (Å²) < 4.78 is 5.69. The summed E-state index contributed by atoms with van der Waals surface area (Å²) in [5.74, 6) is 3.07. The van der Waals surface area contributed by atoms with Crippen LogP contribution in [0.25, 0.3) is 11.0 Å². The van der Waals surface area contributed by atoms with E-state index in [1.54, 1.807) is 0 Å². The van der Waals surface area contributed by atoms with Gasteiger partial charge in [-0.15, -0.1) is 10.2 Å². The number of aromatic nitrogens is 4. The lowest BCUT2D eigenvalue weighted by Crippen LogP contribution is -2.43. The van der Waals surface area contributed by atoms with Gasteiger partial charge in [0.25, 0.3) is 5.22 Å². The summed E-state index contributed by atoms with van der Waals surface area (Å²) in [4.78, 5) is 22.3. The summed E-state index contributed by atoms with van der Waals surface area (Å²) in [7, 11) is 0. The molecule has 3 aromatic rings. The molecule has 1 saturated heterocycles. The first-order valence-corrected chi connectivity index (χ1v) is 10.7. The van der Waals surface area contributed by atoms with Crippen LogP contribution in [0.3, 0.4) is 0 Å². The standard InChI is InChI=1S/C20H25N5O2S/c1-13-9-14(2)11-25(10-13)19(26)12-28-20-24-23-18(27-20)8-7-17-21-15-5-3-4-6-16(15)22-17/h3-6,13-14H,7-12H2,1-2H3,(H,21,22). The maximum atomic E-state index is 12.5. The zero-order valence-corrected chi connectivity index (χ0v) is 17.0. The van der Waals surface area contributed by atoms with Crippen LogP contribution >= 0.6 is 11.8 Å². The molecule has 1 aliphatic heterocycles. The predicted molar refractivity (Wildman–Crippen MR) is 108 cm³/mol. The smallest absolute Gasteiger partial charge is 0.277 e. The average molecular weight is 400 g/mol. The van der Waals surface area contributed by atoms with Gasteiger partial charge in [0.1, 0.15) is 5.82 Å². The van der Waals surface area contributed by atoms with Gasteiger partial charge in [-0.3, -0.25) is 4.79 Å². The normalized spacial score (nSPS) is 20.0.